The third-order valence-corrected chi connectivity index (χ3v) is 3.23. The van der Waals surface area contributed by atoms with E-state index in [2.05, 4.69) is 26.2 Å². The molecule has 0 aliphatic heterocycles. The van der Waals surface area contributed by atoms with E-state index < -0.39 is 0 Å². The molecular formula is C12H11BrN2O2S. The lowest BCUT2D eigenvalue weighted by Crippen LogP contribution is -2.22. The Kier molecular flexibility index (Phi) is 4.72. The van der Waals surface area contributed by atoms with Crippen LogP contribution in [0.1, 0.15) is 15.4 Å². The van der Waals surface area contributed by atoms with Gasteiger partial charge >= 0.3 is 0 Å². The molecule has 0 unspecified atom stereocenters. The number of amides is 1. The number of hydrogen-bond acceptors (Lipinski definition) is 4. The number of hydrogen-bond donors (Lipinski definition) is 1. The first-order chi connectivity index (χ1) is 8.79. The Balaban J connectivity index is 1.92. The molecule has 1 N–H and O–H groups in total. The maximum absolute atomic E-state index is 11.8. The van der Waals surface area contributed by atoms with E-state index in [9.17, 15) is 4.79 Å². The number of ether oxygens (including phenoxy) is 1. The average molecular weight is 327 g/mol. The van der Waals surface area contributed by atoms with E-state index in [0.29, 0.717) is 17.6 Å². The van der Waals surface area contributed by atoms with E-state index in [-0.39, 0.29) is 5.91 Å². The quantitative estimate of drug-likeness (QED) is 0.859. The van der Waals surface area contributed by atoms with Crippen LogP contribution in [0.4, 0.5) is 0 Å². The highest BCUT2D eigenvalue weighted by Crippen LogP contribution is 2.13. The molecule has 1 heterocycles. The number of alkyl halides is 1. The van der Waals surface area contributed by atoms with E-state index >= 15 is 0 Å². The topological polar surface area (TPSA) is 51.2 Å². The van der Waals surface area contributed by atoms with Crippen LogP contribution in [0, 0.1) is 0 Å². The van der Waals surface area contributed by atoms with Crippen LogP contribution in [0.2, 0.25) is 0 Å². The summed E-state index contributed by atoms with van der Waals surface area (Å²) in [6.45, 7) is 0.455. The van der Waals surface area contributed by atoms with Gasteiger partial charge in [-0.1, -0.05) is 0 Å². The van der Waals surface area contributed by atoms with Crippen molar-refractivity contribution in [2.24, 2.45) is 0 Å². The Labute approximate surface area is 117 Å². The van der Waals surface area contributed by atoms with Crippen LogP contribution in [0.5, 0.6) is 5.75 Å². The zero-order valence-electron chi connectivity index (χ0n) is 9.43. The third-order valence-electron chi connectivity index (χ3n) is 2.22. The Morgan fingerprint density at radius 2 is 2.17 bits per heavy atom. The Morgan fingerprint density at radius 3 is 2.78 bits per heavy atom. The van der Waals surface area contributed by atoms with Gasteiger partial charge in [-0.25, -0.2) is 4.98 Å². The fourth-order valence-electron chi connectivity index (χ4n) is 1.36. The molecule has 2 rings (SSSR count). The molecule has 0 aliphatic carbocycles. The molecule has 0 spiro atoms. The number of benzene rings is 1. The highest BCUT2D eigenvalue weighted by Gasteiger charge is 2.06. The molecule has 18 heavy (non-hydrogen) atoms. The van der Waals surface area contributed by atoms with Crippen molar-refractivity contribution in [1.29, 1.82) is 0 Å². The van der Waals surface area contributed by atoms with Gasteiger partial charge in [-0.05, 0) is 40.2 Å². The summed E-state index contributed by atoms with van der Waals surface area (Å²) >= 11 is 4.69. The number of carbonyl (C=O) groups excluding carboxylic acids is 1. The van der Waals surface area contributed by atoms with Crippen molar-refractivity contribution in [3.8, 4) is 5.75 Å². The molecule has 0 saturated carbocycles. The van der Waals surface area contributed by atoms with Crippen molar-refractivity contribution >= 4 is 33.2 Å². The van der Waals surface area contributed by atoms with Gasteiger partial charge < -0.3 is 10.1 Å². The summed E-state index contributed by atoms with van der Waals surface area (Å²) in [5, 5.41) is 5.59. The summed E-state index contributed by atoms with van der Waals surface area (Å²) in [7, 11) is 0. The van der Waals surface area contributed by atoms with Crippen LogP contribution in [0.15, 0.2) is 35.8 Å². The molecule has 0 bridgehead atoms. The molecule has 0 aliphatic rings. The van der Waals surface area contributed by atoms with E-state index in [1.165, 1.54) is 11.3 Å². The number of halogens is 1. The van der Waals surface area contributed by atoms with E-state index in [1.807, 2.05) is 5.38 Å². The lowest BCUT2D eigenvalue weighted by atomic mass is 10.2. The van der Waals surface area contributed by atoms with Crippen LogP contribution in [-0.4, -0.2) is 16.4 Å². The summed E-state index contributed by atoms with van der Waals surface area (Å²) in [6, 6.07) is 6.99. The average Bonchev–Trinajstić information content (AvgIpc) is 2.90. The first-order valence-electron chi connectivity index (χ1n) is 5.25. The molecule has 0 radical (unpaired) electrons. The van der Waals surface area contributed by atoms with E-state index in [4.69, 9.17) is 4.74 Å². The van der Waals surface area contributed by atoms with Gasteiger partial charge in [-0.2, -0.15) is 0 Å². The molecule has 4 nitrogen and oxygen atoms in total. The van der Waals surface area contributed by atoms with Crippen LogP contribution >= 0.6 is 27.3 Å². The molecular weight excluding hydrogens is 316 g/mol. The van der Waals surface area contributed by atoms with Gasteiger partial charge in [-0.3, -0.25) is 4.79 Å². The van der Waals surface area contributed by atoms with Crippen molar-refractivity contribution in [3.05, 3.63) is 46.4 Å². The second kappa shape index (κ2) is 6.51. The molecule has 94 valence electrons. The van der Waals surface area contributed by atoms with Crippen molar-refractivity contribution in [3.63, 3.8) is 0 Å². The zero-order chi connectivity index (χ0) is 12.8. The number of nitrogens with zero attached hydrogens (tertiary/aromatic N) is 1. The molecule has 0 saturated heterocycles. The highest BCUT2D eigenvalue weighted by molar-refractivity contribution is 9.09. The van der Waals surface area contributed by atoms with E-state index in [0.717, 1.165) is 10.8 Å². The van der Waals surface area contributed by atoms with E-state index in [1.54, 1.807) is 30.5 Å². The van der Waals surface area contributed by atoms with Crippen LogP contribution in [0.25, 0.3) is 0 Å². The van der Waals surface area contributed by atoms with Crippen LogP contribution in [0.3, 0.4) is 0 Å². The summed E-state index contributed by atoms with van der Waals surface area (Å²) < 4.78 is 5.24. The van der Waals surface area contributed by atoms with Crippen molar-refractivity contribution in [1.82, 2.24) is 10.3 Å². The SMILES string of the molecule is O=C(NCc1nccs1)c1ccc(OCBr)cc1. The zero-order valence-corrected chi connectivity index (χ0v) is 11.8. The molecule has 2 aromatic rings. The minimum atomic E-state index is -0.115. The summed E-state index contributed by atoms with van der Waals surface area (Å²) in [5.41, 5.74) is 1.04. The minimum Gasteiger partial charge on any atom is -0.482 e. The maximum Gasteiger partial charge on any atom is 0.251 e. The summed E-state index contributed by atoms with van der Waals surface area (Å²) in [5.74, 6) is 0.610. The van der Waals surface area contributed by atoms with Crippen LogP contribution < -0.4 is 10.1 Å². The number of aromatic nitrogens is 1. The molecule has 1 amide bonds. The minimum absolute atomic E-state index is 0.115. The first kappa shape index (κ1) is 13.0. The number of carbonyl (C=O) groups is 1. The molecule has 0 fully saturated rings. The van der Waals surface area contributed by atoms with Crippen molar-refractivity contribution in [2.75, 3.05) is 5.52 Å². The maximum atomic E-state index is 11.8. The van der Waals surface area contributed by atoms with Gasteiger partial charge in [-0.15, -0.1) is 11.3 Å². The molecule has 0 atom stereocenters. The largest absolute Gasteiger partial charge is 0.482 e. The number of rotatable bonds is 5. The van der Waals surface area contributed by atoms with Gasteiger partial charge in [0, 0.05) is 17.1 Å². The number of nitrogens with one attached hydrogen (secondary N) is 1. The molecule has 1 aromatic heterocycles. The molecule has 1 aromatic carbocycles. The van der Waals surface area contributed by atoms with Crippen molar-refractivity contribution < 1.29 is 9.53 Å². The second-order valence-electron chi connectivity index (χ2n) is 3.39. The predicted molar refractivity (Wildman–Crippen MR) is 74.1 cm³/mol. The summed E-state index contributed by atoms with van der Waals surface area (Å²) in [4.78, 5) is 15.9. The predicted octanol–water partition coefficient (Wildman–Crippen LogP) is 2.80. The summed E-state index contributed by atoms with van der Waals surface area (Å²) in [6.07, 6.45) is 1.72. The standard InChI is InChI=1S/C12H11BrN2O2S/c13-8-17-10-3-1-9(2-4-10)12(16)15-7-11-14-5-6-18-11/h1-6H,7-8H2,(H,15,16). The Hall–Kier alpha value is -1.40. The monoisotopic (exact) mass is 326 g/mol. The molecule has 6 heteroatoms. The lowest BCUT2D eigenvalue weighted by molar-refractivity contribution is 0.0951. The van der Waals surface area contributed by atoms with Gasteiger partial charge in [0.1, 0.15) is 16.3 Å². The first-order valence-corrected chi connectivity index (χ1v) is 7.25. The highest BCUT2D eigenvalue weighted by atomic mass is 79.9. The second-order valence-corrected chi connectivity index (χ2v) is 4.82. The van der Waals surface area contributed by atoms with Crippen molar-refractivity contribution in [2.45, 2.75) is 6.54 Å². The third kappa shape index (κ3) is 3.54. The van der Waals surface area contributed by atoms with Crippen LogP contribution in [-0.2, 0) is 6.54 Å². The van der Waals surface area contributed by atoms with Gasteiger partial charge in [0.15, 0.2) is 0 Å². The lowest BCUT2D eigenvalue weighted by Gasteiger charge is -2.05. The Morgan fingerprint density at radius 1 is 1.39 bits per heavy atom. The van der Waals surface area contributed by atoms with Gasteiger partial charge in [0.05, 0.1) is 6.54 Å². The fourth-order valence-corrected chi connectivity index (χ4v) is 2.18. The van der Waals surface area contributed by atoms with Gasteiger partial charge in [0.2, 0.25) is 0 Å². The normalized spacial score (nSPS) is 10.1. The Bertz CT molecular complexity index is 499. The fraction of sp³-hybridized carbons (Fsp3) is 0.167. The van der Waals surface area contributed by atoms with Gasteiger partial charge in [0.25, 0.3) is 5.91 Å². The smallest absolute Gasteiger partial charge is 0.251 e. The number of thiazole rings is 1.